The van der Waals surface area contributed by atoms with Gasteiger partial charge in [-0.15, -0.1) is 11.3 Å². The van der Waals surface area contributed by atoms with Crippen molar-refractivity contribution in [2.45, 2.75) is 0 Å². The first-order valence-electron chi connectivity index (χ1n) is 5.88. The summed E-state index contributed by atoms with van der Waals surface area (Å²) in [7, 11) is 3.09. The van der Waals surface area contributed by atoms with Crippen molar-refractivity contribution in [2.24, 2.45) is 0 Å². The zero-order valence-electron chi connectivity index (χ0n) is 11.4. The van der Waals surface area contributed by atoms with E-state index < -0.39 is 5.91 Å². The van der Waals surface area contributed by atoms with Gasteiger partial charge in [0.25, 0.3) is 5.91 Å². The van der Waals surface area contributed by atoms with Crippen LogP contribution in [0.1, 0.15) is 0 Å². The molecular formula is C13H13N3O3S2. The predicted molar refractivity (Wildman–Crippen MR) is 86.5 cm³/mol. The highest BCUT2D eigenvalue weighted by molar-refractivity contribution is 7.82. The third-order valence-corrected chi connectivity index (χ3v) is 3.49. The molecule has 2 N–H and O–H groups in total. The van der Waals surface area contributed by atoms with E-state index in [1.54, 1.807) is 36.9 Å². The van der Waals surface area contributed by atoms with Crippen molar-refractivity contribution >= 4 is 45.3 Å². The zero-order chi connectivity index (χ0) is 15.2. The molecule has 21 heavy (non-hydrogen) atoms. The Morgan fingerprint density at radius 1 is 1.29 bits per heavy atom. The molecule has 6 nitrogen and oxygen atoms in total. The summed E-state index contributed by atoms with van der Waals surface area (Å²) in [4.78, 5) is 15.9. The number of thiocarbonyl (C=S) groups is 1. The van der Waals surface area contributed by atoms with Crippen LogP contribution in [0.4, 0.5) is 10.8 Å². The predicted octanol–water partition coefficient (Wildman–Crippen LogP) is 2.54. The van der Waals surface area contributed by atoms with Crippen molar-refractivity contribution in [3.05, 3.63) is 29.8 Å². The fraction of sp³-hybridized carbons (Fsp3) is 0.154. The van der Waals surface area contributed by atoms with Gasteiger partial charge >= 0.3 is 0 Å². The fourth-order valence-corrected chi connectivity index (χ4v) is 2.21. The topological polar surface area (TPSA) is 72.5 Å². The maximum absolute atomic E-state index is 11.9. The zero-order valence-corrected chi connectivity index (χ0v) is 13.0. The van der Waals surface area contributed by atoms with Crippen molar-refractivity contribution in [1.82, 2.24) is 4.98 Å². The lowest BCUT2D eigenvalue weighted by Crippen LogP contribution is -2.27. The highest BCUT2D eigenvalue weighted by Crippen LogP contribution is 2.29. The van der Waals surface area contributed by atoms with Crippen molar-refractivity contribution < 1.29 is 14.3 Å². The van der Waals surface area contributed by atoms with Crippen molar-refractivity contribution in [2.75, 3.05) is 24.9 Å². The quantitative estimate of drug-likeness (QED) is 0.843. The minimum atomic E-state index is -0.440. The number of methoxy groups -OCH3 is 2. The van der Waals surface area contributed by atoms with Gasteiger partial charge in [-0.1, -0.05) is 12.2 Å². The fourth-order valence-electron chi connectivity index (χ4n) is 1.53. The first-order valence-corrected chi connectivity index (χ1v) is 7.16. The highest BCUT2D eigenvalue weighted by atomic mass is 32.1. The monoisotopic (exact) mass is 323 g/mol. The summed E-state index contributed by atoms with van der Waals surface area (Å²) in [5, 5.41) is 7.69. The number of amides is 1. The molecule has 8 heteroatoms. The van der Waals surface area contributed by atoms with Gasteiger partial charge in [-0.2, -0.15) is 0 Å². The molecule has 0 aliphatic heterocycles. The van der Waals surface area contributed by atoms with E-state index in [-0.39, 0.29) is 4.99 Å². The van der Waals surface area contributed by atoms with Gasteiger partial charge in [-0.25, -0.2) is 4.98 Å². The Morgan fingerprint density at radius 2 is 2.10 bits per heavy atom. The van der Waals surface area contributed by atoms with Gasteiger partial charge in [0, 0.05) is 17.6 Å². The standard InChI is InChI=1S/C13H13N3O3S2/c1-18-8-3-4-10(19-2)9(7-8)15-12(20)11(17)16-13-14-5-6-21-13/h3-7H,1-2H3,(H,15,20)(H,14,16,17). The highest BCUT2D eigenvalue weighted by Gasteiger charge is 2.14. The molecule has 0 fully saturated rings. The van der Waals surface area contributed by atoms with E-state index >= 15 is 0 Å². The van der Waals surface area contributed by atoms with E-state index in [4.69, 9.17) is 21.7 Å². The van der Waals surface area contributed by atoms with E-state index in [0.717, 1.165) is 0 Å². The van der Waals surface area contributed by atoms with Crippen LogP contribution >= 0.6 is 23.6 Å². The molecule has 0 atom stereocenters. The van der Waals surface area contributed by atoms with Crippen LogP contribution in [0.15, 0.2) is 29.8 Å². The van der Waals surface area contributed by atoms with Gasteiger partial charge in [0.2, 0.25) is 0 Å². The molecule has 110 valence electrons. The third kappa shape index (κ3) is 3.89. The van der Waals surface area contributed by atoms with Crippen LogP contribution in [0, 0.1) is 0 Å². The molecule has 2 aromatic rings. The van der Waals surface area contributed by atoms with Gasteiger partial charge in [0.1, 0.15) is 11.5 Å². The first-order chi connectivity index (χ1) is 10.1. The Balaban J connectivity index is 2.09. The van der Waals surface area contributed by atoms with Crippen LogP contribution in [0.3, 0.4) is 0 Å². The number of thiazole rings is 1. The summed E-state index contributed by atoms with van der Waals surface area (Å²) in [5.41, 5.74) is 0.552. The van der Waals surface area contributed by atoms with E-state index in [2.05, 4.69) is 15.6 Å². The molecule has 0 saturated heterocycles. The number of hydrogen-bond donors (Lipinski definition) is 2. The number of nitrogens with one attached hydrogen (secondary N) is 2. The molecule has 0 saturated carbocycles. The number of nitrogens with zero attached hydrogens (tertiary/aromatic N) is 1. The van der Waals surface area contributed by atoms with Crippen LogP contribution in [-0.2, 0) is 4.79 Å². The number of carbonyl (C=O) groups excluding carboxylic acids is 1. The van der Waals surface area contributed by atoms with E-state index in [0.29, 0.717) is 22.3 Å². The normalized spacial score (nSPS) is 9.81. The lowest BCUT2D eigenvalue weighted by Gasteiger charge is -2.12. The van der Waals surface area contributed by atoms with Gasteiger partial charge < -0.3 is 14.8 Å². The summed E-state index contributed by atoms with van der Waals surface area (Å²) < 4.78 is 10.3. The van der Waals surface area contributed by atoms with Gasteiger partial charge in [-0.3, -0.25) is 10.1 Å². The number of ether oxygens (including phenoxy) is 2. The molecule has 1 amide bonds. The van der Waals surface area contributed by atoms with Crippen LogP contribution in [0.2, 0.25) is 0 Å². The van der Waals surface area contributed by atoms with Crippen molar-refractivity contribution in [3.8, 4) is 11.5 Å². The molecular weight excluding hydrogens is 310 g/mol. The van der Waals surface area contributed by atoms with Crippen LogP contribution < -0.4 is 20.1 Å². The molecule has 0 aliphatic rings. The molecule has 0 spiro atoms. The van der Waals surface area contributed by atoms with Gasteiger partial charge in [-0.05, 0) is 12.1 Å². The Labute approximate surface area is 131 Å². The summed E-state index contributed by atoms with van der Waals surface area (Å²) >= 11 is 6.39. The van der Waals surface area contributed by atoms with E-state index in [1.807, 2.05) is 0 Å². The number of benzene rings is 1. The molecule has 1 heterocycles. The lowest BCUT2D eigenvalue weighted by molar-refractivity contribution is -0.110. The SMILES string of the molecule is COc1ccc(OC)c(NC(=S)C(=O)Nc2nccs2)c1. The van der Waals surface area contributed by atoms with Gasteiger partial charge in [0.15, 0.2) is 10.1 Å². The second kappa shape index (κ2) is 7.00. The number of rotatable bonds is 4. The number of aromatic nitrogens is 1. The van der Waals surface area contributed by atoms with Crippen molar-refractivity contribution in [3.63, 3.8) is 0 Å². The Hall–Kier alpha value is -2.19. The number of anilines is 2. The summed E-state index contributed by atoms with van der Waals surface area (Å²) in [6, 6.07) is 5.17. The average Bonchev–Trinajstić information content (AvgIpc) is 2.99. The Bertz CT molecular complexity index is 644. The molecule has 0 bridgehead atoms. The molecule has 0 unspecified atom stereocenters. The molecule has 0 radical (unpaired) electrons. The lowest BCUT2D eigenvalue weighted by atomic mass is 10.2. The minimum absolute atomic E-state index is 0.0109. The molecule has 2 rings (SSSR count). The molecule has 0 aliphatic carbocycles. The maximum Gasteiger partial charge on any atom is 0.285 e. The number of hydrogen-bond acceptors (Lipinski definition) is 6. The van der Waals surface area contributed by atoms with E-state index in [1.165, 1.54) is 18.4 Å². The Kier molecular flexibility index (Phi) is 5.07. The third-order valence-electron chi connectivity index (χ3n) is 2.51. The Morgan fingerprint density at radius 3 is 2.71 bits per heavy atom. The molecule has 1 aromatic heterocycles. The summed E-state index contributed by atoms with van der Waals surface area (Å²) in [6.45, 7) is 0. The average molecular weight is 323 g/mol. The smallest absolute Gasteiger partial charge is 0.285 e. The van der Waals surface area contributed by atoms with Crippen LogP contribution in [0.5, 0.6) is 11.5 Å². The van der Waals surface area contributed by atoms with Crippen LogP contribution in [-0.4, -0.2) is 30.1 Å². The summed E-state index contributed by atoms with van der Waals surface area (Å²) in [6.07, 6.45) is 1.60. The number of carbonyl (C=O) groups is 1. The van der Waals surface area contributed by atoms with Crippen LogP contribution in [0.25, 0.3) is 0 Å². The largest absolute Gasteiger partial charge is 0.497 e. The van der Waals surface area contributed by atoms with E-state index in [9.17, 15) is 4.79 Å². The minimum Gasteiger partial charge on any atom is -0.497 e. The summed E-state index contributed by atoms with van der Waals surface area (Å²) in [5.74, 6) is 0.742. The second-order valence-electron chi connectivity index (χ2n) is 3.81. The second-order valence-corrected chi connectivity index (χ2v) is 5.11. The first kappa shape index (κ1) is 15.2. The van der Waals surface area contributed by atoms with Crippen molar-refractivity contribution in [1.29, 1.82) is 0 Å². The van der Waals surface area contributed by atoms with Gasteiger partial charge in [0.05, 0.1) is 19.9 Å². The maximum atomic E-state index is 11.9. The molecule has 1 aromatic carbocycles.